The number of rotatable bonds is 11. The van der Waals surface area contributed by atoms with Gasteiger partial charge in [-0.25, -0.2) is 17.6 Å². The SMILES string of the molecule is CCC(C)N(C(=O)O)[C@@H]1C(=O)N2[C@@H](C[C@@](C)(Oc3nc4c(c5cc(OC)ccc35)CCCO4)C2(F)F)C(=O)N[C@]2(C(=O)NS(=O)(=O)C3(CF)CC3)C[C@H]2/C=C\CC[C@H](C)C[C@H]1CC. The average Bonchev–Trinajstić information content (AvgIpc) is 4.17. The third-order valence-electron chi connectivity index (χ3n) is 14.1. The van der Waals surface area contributed by atoms with Crippen molar-refractivity contribution in [2.75, 3.05) is 20.4 Å². The third-order valence-corrected chi connectivity index (χ3v) is 16.2. The highest BCUT2D eigenvalue weighted by Crippen LogP contribution is 2.52. The molecule has 0 bridgehead atoms. The third kappa shape index (κ3) is 8.04. The first-order valence-corrected chi connectivity index (χ1v) is 23.4. The molecule has 0 spiro atoms. The molecular formula is C44H58F3N5O10S. The van der Waals surface area contributed by atoms with Crippen LogP contribution in [0.4, 0.5) is 18.0 Å². The molecule has 3 aliphatic heterocycles. The Hall–Kier alpha value is -4.81. The molecule has 5 aliphatic rings. The molecule has 346 valence electrons. The Morgan fingerprint density at radius 2 is 1.90 bits per heavy atom. The minimum atomic E-state index is -4.56. The summed E-state index contributed by atoms with van der Waals surface area (Å²) in [6.07, 6.45) is 3.95. The number of allylic oxidation sites excluding steroid dienone is 1. The molecule has 0 radical (unpaired) electrons. The number of aryl methyl sites for hydroxylation is 1. The number of nitrogens with one attached hydrogen (secondary N) is 2. The number of hydrogen-bond donors (Lipinski definition) is 3. The molecule has 1 aromatic heterocycles. The molecule has 2 aromatic rings. The van der Waals surface area contributed by atoms with Crippen molar-refractivity contribution in [3.05, 3.63) is 35.9 Å². The molecule has 4 heterocycles. The number of hydrogen-bond acceptors (Lipinski definition) is 10. The predicted molar refractivity (Wildman–Crippen MR) is 225 cm³/mol. The second-order valence-electron chi connectivity index (χ2n) is 18.3. The second kappa shape index (κ2) is 17.0. The van der Waals surface area contributed by atoms with Crippen LogP contribution in [0.1, 0.15) is 104 Å². The summed E-state index contributed by atoms with van der Waals surface area (Å²) in [6.45, 7) is 7.08. The molecule has 7 rings (SSSR count). The number of methoxy groups -OCH3 is 1. The summed E-state index contributed by atoms with van der Waals surface area (Å²) in [4.78, 5) is 63.1. The highest BCUT2D eigenvalue weighted by molar-refractivity contribution is 7.91. The Kier molecular flexibility index (Phi) is 12.4. The predicted octanol–water partition coefficient (Wildman–Crippen LogP) is 6.27. The van der Waals surface area contributed by atoms with Gasteiger partial charge in [0, 0.05) is 29.3 Å². The van der Waals surface area contributed by atoms with E-state index in [4.69, 9.17) is 14.2 Å². The zero-order valence-electron chi connectivity index (χ0n) is 36.5. The van der Waals surface area contributed by atoms with E-state index in [-0.39, 0.29) is 61.1 Å². The van der Waals surface area contributed by atoms with E-state index in [0.717, 1.165) is 11.8 Å². The number of carbonyl (C=O) groups is 4. The van der Waals surface area contributed by atoms with Gasteiger partial charge in [-0.15, -0.1) is 0 Å². The number of ether oxygens (including phenoxy) is 3. The number of carboxylic acid groups (broad SMARTS) is 1. The highest BCUT2D eigenvalue weighted by Gasteiger charge is 2.71. The number of nitrogens with zero attached hydrogens (tertiary/aromatic N) is 3. The first-order chi connectivity index (χ1) is 29.7. The smallest absolute Gasteiger partial charge is 0.408 e. The van der Waals surface area contributed by atoms with Crippen molar-refractivity contribution >= 4 is 44.6 Å². The summed E-state index contributed by atoms with van der Waals surface area (Å²) in [5, 5.41) is 14.2. The summed E-state index contributed by atoms with van der Waals surface area (Å²) in [5.41, 5.74) is -3.97. The zero-order valence-corrected chi connectivity index (χ0v) is 37.4. The van der Waals surface area contributed by atoms with Crippen molar-refractivity contribution < 1.29 is 60.1 Å². The van der Waals surface area contributed by atoms with Crippen molar-refractivity contribution in [1.82, 2.24) is 24.8 Å². The van der Waals surface area contributed by atoms with E-state index in [0.29, 0.717) is 54.4 Å². The number of sulfonamides is 1. The molecule has 19 heteroatoms. The molecule has 4 amide bonds. The van der Waals surface area contributed by atoms with Crippen LogP contribution in [0.3, 0.4) is 0 Å². The molecule has 8 atom stereocenters. The van der Waals surface area contributed by atoms with E-state index >= 15 is 13.6 Å². The van der Waals surface area contributed by atoms with Gasteiger partial charge in [0.1, 0.15) is 34.8 Å². The lowest BCUT2D eigenvalue weighted by atomic mass is 9.83. The normalized spacial score (nSPS) is 31.1. The van der Waals surface area contributed by atoms with Crippen molar-refractivity contribution in [3.63, 3.8) is 0 Å². The lowest BCUT2D eigenvalue weighted by molar-refractivity contribution is -0.219. The molecule has 1 unspecified atom stereocenters. The molecule has 3 fully saturated rings. The fourth-order valence-corrected chi connectivity index (χ4v) is 11.0. The molecule has 3 N–H and O–H groups in total. The minimum Gasteiger partial charge on any atom is -0.497 e. The fourth-order valence-electron chi connectivity index (χ4n) is 9.61. The van der Waals surface area contributed by atoms with Crippen molar-refractivity contribution in [1.29, 1.82) is 0 Å². The van der Waals surface area contributed by atoms with Gasteiger partial charge in [0.25, 0.3) is 11.8 Å². The lowest BCUT2D eigenvalue weighted by Crippen LogP contribution is -2.65. The standard InChI is InChI=1S/C44H58F3N5O10S/c1-7-26(4)51(40(56)57)34-27(8-2)20-25(3)12-9-10-13-28-22-43(28,39(55)50-63(58,59)42(24-45)17-18-42)49-35(53)33-23-41(5,44(46,47)52(33)38(34)54)62-37-31-16-15-29(60-6)21-32(31)30-14-11-19-61-36(30)48-37/h10,13,15-16,21,25-28,33-34H,7-9,11-12,14,17-20,22-24H2,1-6H3,(H,49,53)(H,50,55)(H,56,57)/b13-10-/t25-,26?,27+,28+,33-,34-,41+,43+/m0/s1. The van der Waals surface area contributed by atoms with Crippen LogP contribution in [0.15, 0.2) is 30.4 Å². The van der Waals surface area contributed by atoms with Gasteiger partial charge in [-0.2, -0.15) is 13.8 Å². The molecule has 63 heavy (non-hydrogen) atoms. The van der Waals surface area contributed by atoms with Crippen LogP contribution in [0.2, 0.25) is 0 Å². The molecule has 2 saturated carbocycles. The van der Waals surface area contributed by atoms with Crippen LogP contribution in [0.25, 0.3) is 10.8 Å². The zero-order chi connectivity index (χ0) is 45.9. The number of amides is 4. The monoisotopic (exact) mass is 905 g/mol. The van der Waals surface area contributed by atoms with Crippen molar-refractivity contribution in [2.24, 2.45) is 17.8 Å². The molecule has 2 aliphatic carbocycles. The van der Waals surface area contributed by atoms with Crippen LogP contribution >= 0.6 is 0 Å². The molecule has 1 aromatic carbocycles. The Balaban J connectivity index is 1.37. The van der Waals surface area contributed by atoms with Crippen LogP contribution in [-0.4, -0.2) is 113 Å². The van der Waals surface area contributed by atoms with E-state index in [9.17, 15) is 32.3 Å². The maximum absolute atomic E-state index is 18.0. The van der Waals surface area contributed by atoms with Gasteiger partial charge in [-0.05, 0) is 107 Å². The van der Waals surface area contributed by atoms with E-state index in [1.807, 2.05) is 11.6 Å². The topological polar surface area (TPSA) is 194 Å². The number of fused-ring (bicyclic) bond motifs is 5. The Morgan fingerprint density at radius 3 is 2.54 bits per heavy atom. The van der Waals surface area contributed by atoms with E-state index in [1.54, 1.807) is 51.1 Å². The molecule has 15 nitrogen and oxygen atoms in total. The van der Waals surface area contributed by atoms with Gasteiger partial charge >= 0.3 is 12.1 Å². The van der Waals surface area contributed by atoms with E-state index < -0.39 is 98.8 Å². The van der Waals surface area contributed by atoms with Gasteiger partial charge < -0.3 is 24.6 Å². The highest BCUT2D eigenvalue weighted by atomic mass is 32.2. The first-order valence-electron chi connectivity index (χ1n) is 21.9. The van der Waals surface area contributed by atoms with E-state index in [1.165, 1.54) is 7.11 Å². The van der Waals surface area contributed by atoms with Crippen LogP contribution < -0.4 is 24.2 Å². The number of aromatic nitrogens is 1. The summed E-state index contributed by atoms with van der Waals surface area (Å²) in [7, 11) is -3.08. The van der Waals surface area contributed by atoms with Gasteiger partial charge in [0.2, 0.25) is 27.7 Å². The van der Waals surface area contributed by atoms with E-state index in [2.05, 4.69) is 10.3 Å². The maximum Gasteiger partial charge on any atom is 0.408 e. The quantitative estimate of drug-likeness (QED) is 0.170. The van der Waals surface area contributed by atoms with Gasteiger partial charge in [-0.1, -0.05) is 39.3 Å². The summed E-state index contributed by atoms with van der Waals surface area (Å²) < 4.78 is 94.4. The summed E-state index contributed by atoms with van der Waals surface area (Å²) >= 11 is 0. The van der Waals surface area contributed by atoms with Crippen molar-refractivity contribution in [3.8, 4) is 17.5 Å². The number of alkyl halides is 3. The Labute approximate surface area is 365 Å². The fraction of sp³-hybridized carbons (Fsp3) is 0.659. The van der Waals surface area contributed by atoms with Crippen LogP contribution in [0, 0.1) is 17.8 Å². The van der Waals surface area contributed by atoms with Gasteiger partial charge in [0.05, 0.1) is 13.7 Å². The number of pyridine rings is 1. The number of halogens is 3. The molecule has 1 saturated heterocycles. The van der Waals surface area contributed by atoms with Crippen LogP contribution in [0.5, 0.6) is 17.5 Å². The Morgan fingerprint density at radius 1 is 1.17 bits per heavy atom. The number of carbonyl (C=O) groups excluding carboxylic acids is 3. The maximum atomic E-state index is 18.0. The second-order valence-corrected chi connectivity index (χ2v) is 20.4. The average molecular weight is 906 g/mol. The summed E-state index contributed by atoms with van der Waals surface area (Å²) in [5.74, 6) is -5.03. The largest absolute Gasteiger partial charge is 0.497 e. The Bertz CT molecular complexity index is 2290. The van der Waals surface area contributed by atoms with Crippen LogP contribution in [-0.2, 0) is 30.8 Å². The molecular weight excluding hydrogens is 848 g/mol. The minimum absolute atomic E-state index is 0.0161. The first kappa shape index (κ1) is 46.2. The summed E-state index contributed by atoms with van der Waals surface area (Å²) in [6, 6.07) is -3.99. The van der Waals surface area contributed by atoms with Gasteiger partial charge in [0.15, 0.2) is 5.60 Å². The number of benzene rings is 1. The van der Waals surface area contributed by atoms with Gasteiger partial charge in [-0.3, -0.25) is 28.9 Å². The lowest BCUT2D eigenvalue weighted by Gasteiger charge is -2.43. The van der Waals surface area contributed by atoms with Crippen molar-refractivity contribution in [2.45, 2.75) is 145 Å².